The lowest BCUT2D eigenvalue weighted by atomic mass is 10.1. The summed E-state index contributed by atoms with van der Waals surface area (Å²) >= 11 is 0. The Hall–Kier alpha value is -2.89. The quantitative estimate of drug-likeness (QED) is 0.754. The van der Waals surface area contributed by atoms with Crippen LogP contribution >= 0.6 is 0 Å². The molecule has 4 rings (SSSR count). The number of amides is 1. The summed E-state index contributed by atoms with van der Waals surface area (Å²) in [6.07, 6.45) is 1.56. The van der Waals surface area contributed by atoms with E-state index in [0.717, 1.165) is 40.7 Å². The molecule has 128 valence electrons. The first kappa shape index (κ1) is 15.6. The zero-order chi connectivity index (χ0) is 17.7. The highest BCUT2D eigenvalue weighted by atomic mass is 16.3. The lowest BCUT2D eigenvalue weighted by Crippen LogP contribution is -2.27. The van der Waals surface area contributed by atoms with Crippen molar-refractivity contribution in [2.24, 2.45) is 7.05 Å². The van der Waals surface area contributed by atoms with Crippen LogP contribution in [0.5, 0.6) is 5.75 Å². The smallest absolute Gasteiger partial charge is 0.252 e. The van der Waals surface area contributed by atoms with Crippen molar-refractivity contribution in [3.8, 4) is 5.75 Å². The van der Waals surface area contributed by atoms with Gasteiger partial charge in [-0.15, -0.1) is 0 Å². The molecule has 0 radical (unpaired) electrons. The van der Waals surface area contributed by atoms with E-state index < -0.39 is 0 Å². The molecule has 6 heteroatoms. The number of phenols is 1. The van der Waals surface area contributed by atoms with Crippen molar-refractivity contribution in [2.45, 2.75) is 32.7 Å². The van der Waals surface area contributed by atoms with Crippen LogP contribution in [0.2, 0.25) is 0 Å². The Morgan fingerprint density at radius 3 is 2.96 bits per heavy atom. The fraction of sp³-hybridized carbons (Fsp3) is 0.316. The Labute approximate surface area is 145 Å². The average molecular weight is 336 g/mol. The fourth-order valence-corrected chi connectivity index (χ4v) is 3.77. The molecule has 1 aromatic carbocycles. The third kappa shape index (κ3) is 2.45. The van der Waals surface area contributed by atoms with Crippen LogP contribution in [0.3, 0.4) is 0 Å². The van der Waals surface area contributed by atoms with Crippen LogP contribution in [0.25, 0.3) is 11.0 Å². The molecule has 0 saturated carbocycles. The van der Waals surface area contributed by atoms with Crippen LogP contribution in [-0.2, 0) is 13.5 Å². The minimum absolute atomic E-state index is 0.0879. The molecule has 1 amide bonds. The van der Waals surface area contributed by atoms with Crippen LogP contribution in [0, 0.1) is 13.8 Å². The number of pyridine rings is 1. The largest absolute Gasteiger partial charge is 0.508 e. The molecule has 3 aromatic rings. The lowest BCUT2D eigenvalue weighted by Gasteiger charge is -2.15. The molecule has 1 aliphatic rings. The second kappa shape index (κ2) is 5.58. The number of aryl methyl sites for hydroxylation is 3. The highest BCUT2D eigenvalue weighted by Gasteiger charge is 2.27. The average Bonchev–Trinajstić information content (AvgIpc) is 3.09. The van der Waals surface area contributed by atoms with Gasteiger partial charge in [0.15, 0.2) is 5.65 Å². The summed E-state index contributed by atoms with van der Waals surface area (Å²) in [5.41, 5.74) is 4.82. The fourth-order valence-electron chi connectivity index (χ4n) is 3.77. The van der Waals surface area contributed by atoms with Gasteiger partial charge in [-0.1, -0.05) is 12.1 Å². The topological polar surface area (TPSA) is 80.0 Å². The maximum Gasteiger partial charge on any atom is 0.252 e. The van der Waals surface area contributed by atoms with Crippen molar-refractivity contribution in [1.29, 1.82) is 0 Å². The normalized spacial score (nSPS) is 16.2. The van der Waals surface area contributed by atoms with Gasteiger partial charge in [0.25, 0.3) is 5.91 Å². The third-order valence-corrected chi connectivity index (χ3v) is 4.89. The van der Waals surface area contributed by atoms with Crippen molar-refractivity contribution >= 4 is 16.9 Å². The number of benzene rings is 1. The summed E-state index contributed by atoms with van der Waals surface area (Å²) in [7, 11) is 1.83. The first-order chi connectivity index (χ1) is 12.0. The number of nitrogens with one attached hydrogen (secondary N) is 1. The van der Waals surface area contributed by atoms with E-state index in [2.05, 4.69) is 15.4 Å². The zero-order valence-corrected chi connectivity index (χ0v) is 14.5. The number of phenolic OH excluding ortho intramolecular Hbond substituents is 1. The minimum atomic E-state index is -0.132. The molecule has 2 N–H and O–H groups in total. The van der Waals surface area contributed by atoms with E-state index in [1.807, 2.05) is 39.1 Å². The summed E-state index contributed by atoms with van der Waals surface area (Å²) in [6.45, 7) is 3.76. The van der Waals surface area contributed by atoms with E-state index in [0.29, 0.717) is 17.0 Å². The number of carbonyl (C=O) groups is 1. The number of aromatic hydroxyl groups is 1. The predicted octanol–water partition coefficient (Wildman–Crippen LogP) is 2.71. The lowest BCUT2D eigenvalue weighted by molar-refractivity contribution is 0.0938. The van der Waals surface area contributed by atoms with Crippen LogP contribution in [0.4, 0.5) is 0 Å². The maximum absolute atomic E-state index is 13.0. The molecule has 0 saturated heterocycles. The molecule has 0 aliphatic heterocycles. The Balaban J connectivity index is 1.72. The van der Waals surface area contributed by atoms with Gasteiger partial charge in [-0.2, -0.15) is 5.10 Å². The first-order valence-corrected chi connectivity index (χ1v) is 8.38. The maximum atomic E-state index is 13.0. The van der Waals surface area contributed by atoms with Gasteiger partial charge < -0.3 is 10.4 Å². The second-order valence-corrected chi connectivity index (χ2v) is 6.63. The van der Waals surface area contributed by atoms with E-state index >= 15 is 0 Å². The van der Waals surface area contributed by atoms with Crippen LogP contribution in [-0.4, -0.2) is 25.8 Å². The number of nitrogens with zero attached hydrogens (tertiary/aromatic N) is 3. The molecule has 0 bridgehead atoms. The van der Waals surface area contributed by atoms with Crippen molar-refractivity contribution < 1.29 is 9.90 Å². The highest BCUT2D eigenvalue weighted by molar-refractivity contribution is 6.06. The van der Waals surface area contributed by atoms with Gasteiger partial charge in [0, 0.05) is 12.7 Å². The summed E-state index contributed by atoms with van der Waals surface area (Å²) in [5.74, 6) is 0.173. The van der Waals surface area contributed by atoms with E-state index in [1.165, 1.54) is 0 Å². The molecule has 2 heterocycles. The van der Waals surface area contributed by atoms with Crippen LogP contribution in [0.15, 0.2) is 24.3 Å². The first-order valence-electron chi connectivity index (χ1n) is 8.38. The van der Waals surface area contributed by atoms with Crippen LogP contribution in [0.1, 0.15) is 45.3 Å². The summed E-state index contributed by atoms with van der Waals surface area (Å²) < 4.78 is 1.71. The molecular formula is C19H20N4O2. The summed E-state index contributed by atoms with van der Waals surface area (Å²) in [4.78, 5) is 17.5. The van der Waals surface area contributed by atoms with Gasteiger partial charge >= 0.3 is 0 Å². The molecule has 1 atom stereocenters. The zero-order valence-electron chi connectivity index (χ0n) is 14.5. The Morgan fingerprint density at radius 2 is 2.16 bits per heavy atom. The van der Waals surface area contributed by atoms with E-state index in [9.17, 15) is 9.90 Å². The number of carbonyl (C=O) groups excluding carboxylic acids is 1. The third-order valence-electron chi connectivity index (χ3n) is 4.89. The number of hydrogen-bond acceptors (Lipinski definition) is 4. The Morgan fingerprint density at radius 1 is 1.36 bits per heavy atom. The van der Waals surface area contributed by atoms with Crippen LogP contribution < -0.4 is 5.32 Å². The summed E-state index contributed by atoms with van der Waals surface area (Å²) in [5, 5.41) is 18.3. The number of fused-ring (bicyclic) bond motifs is 2. The standard InChI is InChI=1S/C19H20N4O2/c1-10-9-14(17-11(2)22-23(3)18(17)20-10)19(25)21-15-8-7-13-12(15)5-4-6-16(13)24/h4-6,9,15,24H,7-8H2,1-3H3,(H,21,25). The van der Waals surface area contributed by atoms with Crippen molar-refractivity contribution in [2.75, 3.05) is 0 Å². The van der Waals surface area contributed by atoms with Crippen molar-refractivity contribution in [1.82, 2.24) is 20.1 Å². The van der Waals surface area contributed by atoms with Gasteiger partial charge in [-0.05, 0) is 49.9 Å². The van der Waals surface area contributed by atoms with Crippen molar-refractivity contribution in [3.63, 3.8) is 0 Å². The van der Waals surface area contributed by atoms with E-state index in [1.54, 1.807) is 10.7 Å². The number of rotatable bonds is 2. The van der Waals surface area contributed by atoms with Gasteiger partial charge in [-0.25, -0.2) is 4.98 Å². The van der Waals surface area contributed by atoms with Gasteiger partial charge in [-0.3, -0.25) is 9.48 Å². The molecule has 1 aliphatic carbocycles. The molecule has 6 nitrogen and oxygen atoms in total. The van der Waals surface area contributed by atoms with Crippen molar-refractivity contribution in [3.05, 3.63) is 52.3 Å². The van der Waals surface area contributed by atoms with Gasteiger partial charge in [0.05, 0.1) is 22.7 Å². The molecule has 2 aromatic heterocycles. The molecule has 0 fully saturated rings. The number of aromatic nitrogens is 3. The van der Waals surface area contributed by atoms with E-state index in [-0.39, 0.29) is 11.9 Å². The predicted molar refractivity (Wildman–Crippen MR) is 94.6 cm³/mol. The Bertz CT molecular complexity index is 1010. The molecule has 1 unspecified atom stereocenters. The minimum Gasteiger partial charge on any atom is -0.508 e. The molecule has 0 spiro atoms. The van der Waals surface area contributed by atoms with Gasteiger partial charge in [0.2, 0.25) is 0 Å². The Kier molecular flexibility index (Phi) is 3.49. The highest BCUT2D eigenvalue weighted by Crippen LogP contribution is 2.36. The summed E-state index contributed by atoms with van der Waals surface area (Å²) in [6, 6.07) is 7.20. The SMILES string of the molecule is Cc1cc(C(=O)NC2CCc3c(O)cccc32)c2c(C)nn(C)c2n1. The van der Waals surface area contributed by atoms with E-state index in [4.69, 9.17) is 0 Å². The second-order valence-electron chi connectivity index (χ2n) is 6.63. The van der Waals surface area contributed by atoms with Gasteiger partial charge in [0.1, 0.15) is 5.75 Å². The molecule has 25 heavy (non-hydrogen) atoms. The number of hydrogen-bond donors (Lipinski definition) is 2. The molecular weight excluding hydrogens is 316 g/mol. The monoisotopic (exact) mass is 336 g/mol.